The fourth-order valence-electron chi connectivity index (χ4n) is 2.50. The van der Waals surface area contributed by atoms with Gasteiger partial charge in [-0.05, 0) is 24.3 Å². The third-order valence-electron chi connectivity index (χ3n) is 3.96. The Morgan fingerprint density at radius 3 is 2.59 bits per heavy atom. The average molecular weight is 481 g/mol. The lowest BCUT2D eigenvalue weighted by Gasteiger charge is -2.26. The molecule has 2 heterocycles. The van der Waals surface area contributed by atoms with Gasteiger partial charge in [0.1, 0.15) is 5.69 Å². The summed E-state index contributed by atoms with van der Waals surface area (Å²) in [4.78, 5) is 17.7. The minimum atomic E-state index is -4.03. The number of anilines is 1. The summed E-state index contributed by atoms with van der Waals surface area (Å²) in [6, 6.07) is 5.22. The van der Waals surface area contributed by atoms with Crippen LogP contribution in [0.4, 0.5) is 5.69 Å². The van der Waals surface area contributed by atoms with Crippen LogP contribution >= 0.6 is 34.8 Å². The van der Waals surface area contributed by atoms with Crippen molar-refractivity contribution in [3.05, 3.63) is 45.5 Å². The lowest BCUT2D eigenvalue weighted by molar-refractivity contribution is -0.137. The van der Waals surface area contributed by atoms with E-state index >= 15 is 0 Å². The molecule has 2 aromatic rings. The molecule has 8 nitrogen and oxygen atoms in total. The van der Waals surface area contributed by atoms with Crippen molar-refractivity contribution in [3.8, 4) is 5.88 Å². The number of carbonyl (C=O) groups is 1. The highest BCUT2D eigenvalue weighted by molar-refractivity contribution is 7.92. The standard InChI is InChI=1S/C17H16Cl3N3O5S/c18-11-7-15(22-29(25,26)12-1-2-13(19)14(20)8-12)17(21-9-11)28-10-16(24)23-3-5-27-6-4-23/h1-2,7-9,22H,3-6,10H2. The van der Waals surface area contributed by atoms with Gasteiger partial charge in [-0.25, -0.2) is 13.4 Å². The summed E-state index contributed by atoms with van der Waals surface area (Å²) in [5.74, 6) is -0.344. The largest absolute Gasteiger partial charge is 0.466 e. The van der Waals surface area contributed by atoms with Crippen LogP contribution in [0.3, 0.4) is 0 Å². The fourth-order valence-corrected chi connectivity index (χ4v) is 4.09. The van der Waals surface area contributed by atoms with Gasteiger partial charge in [-0.15, -0.1) is 0 Å². The Kier molecular flexibility index (Phi) is 7.07. The smallest absolute Gasteiger partial charge is 0.262 e. The number of hydrogen-bond acceptors (Lipinski definition) is 6. The predicted molar refractivity (Wildman–Crippen MR) is 109 cm³/mol. The van der Waals surface area contributed by atoms with E-state index in [4.69, 9.17) is 44.3 Å². The number of benzene rings is 1. The Morgan fingerprint density at radius 2 is 1.90 bits per heavy atom. The number of rotatable bonds is 6. The van der Waals surface area contributed by atoms with Crippen molar-refractivity contribution >= 4 is 56.4 Å². The van der Waals surface area contributed by atoms with Crippen molar-refractivity contribution in [2.75, 3.05) is 37.6 Å². The number of nitrogens with zero attached hydrogens (tertiary/aromatic N) is 2. The van der Waals surface area contributed by atoms with E-state index in [1.54, 1.807) is 4.90 Å². The van der Waals surface area contributed by atoms with E-state index in [1.807, 2.05) is 0 Å². The van der Waals surface area contributed by atoms with Crippen LogP contribution in [0.1, 0.15) is 0 Å². The molecular formula is C17H16Cl3N3O5S. The van der Waals surface area contributed by atoms with Crippen LogP contribution < -0.4 is 9.46 Å². The summed E-state index contributed by atoms with van der Waals surface area (Å²) in [6.45, 7) is 1.54. The highest BCUT2D eigenvalue weighted by atomic mass is 35.5. The number of carbonyl (C=O) groups excluding carboxylic acids is 1. The van der Waals surface area contributed by atoms with E-state index in [-0.39, 0.29) is 44.0 Å². The first-order valence-electron chi connectivity index (χ1n) is 8.38. The molecule has 1 aromatic heterocycles. The van der Waals surface area contributed by atoms with E-state index in [0.29, 0.717) is 26.3 Å². The van der Waals surface area contributed by atoms with Gasteiger partial charge in [-0.1, -0.05) is 34.8 Å². The lowest BCUT2D eigenvalue weighted by atomic mass is 10.4. The second kappa shape index (κ2) is 9.36. The molecule has 12 heteroatoms. The minimum absolute atomic E-state index is 0.0154. The van der Waals surface area contributed by atoms with E-state index in [2.05, 4.69) is 9.71 Å². The Labute approximate surface area is 182 Å². The number of hydrogen-bond donors (Lipinski definition) is 1. The third kappa shape index (κ3) is 5.64. The van der Waals surface area contributed by atoms with Gasteiger partial charge in [0.05, 0.1) is 33.2 Å². The molecule has 0 atom stereocenters. The maximum Gasteiger partial charge on any atom is 0.262 e. The van der Waals surface area contributed by atoms with Crippen molar-refractivity contribution < 1.29 is 22.7 Å². The van der Waals surface area contributed by atoms with Crippen LogP contribution in [0.15, 0.2) is 35.4 Å². The van der Waals surface area contributed by atoms with Crippen LogP contribution in [0.25, 0.3) is 0 Å². The van der Waals surface area contributed by atoms with Crippen molar-refractivity contribution in [1.82, 2.24) is 9.88 Å². The summed E-state index contributed by atoms with van der Waals surface area (Å²) in [6.07, 6.45) is 1.28. The van der Waals surface area contributed by atoms with E-state index in [9.17, 15) is 13.2 Å². The maximum absolute atomic E-state index is 12.7. The molecule has 0 saturated carbocycles. The third-order valence-corrected chi connectivity index (χ3v) is 6.27. The molecule has 0 unspecified atom stereocenters. The molecule has 0 spiro atoms. The van der Waals surface area contributed by atoms with Gasteiger partial charge in [0, 0.05) is 19.3 Å². The van der Waals surface area contributed by atoms with E-state index in [1.165, 1.54) is 30.5 Å². The van der Waals surface area contributed by atoms with Crippen LogP contribution in [0.5, 0.6) is 5.88 Å². The van der Waals surface area contributed by atoms with Crippen LogP contribution in [-0.4, -0.2) is 57.1 Å². The first-order valence-corrected chi connectivity index (χ1v) is 11.0. The number of pyridine rings is 1. The van der Waals surface area contributed by atoms with Gasteiger partial charge in [-0.2, -0.15) is 0 Å². The zero-order chi connectivity index (χ0) is 21.0. The zero-order valence-corrected chi connectivity index (χ0v) is 18.0. The predicted octanol–water partition coefficient (Wildman–Crippen LogP) is 3.08. The van der Waals surface area contributed by atoms with Crippen molar-refractivity contribution in [2.45, 2.75) is 4.90 Å². The quantitative estimate of drug-likeness (QED) is 0.682. The average Bonchev–Trinajstić information content (AvgIpc) is 2.69. The number of nitrogens with one attached hydrogen (secondary N) is 1. The molecule has 1 amide bonds. The molecule has 0 radical (unpaired) electrons. The Balaban J connectivity index is 1.77. The summed E-state index contributed by atoms with van der Waals surface area (Å²) in [5.41, 5.74) is -0.0154. The van der Waals surface area contributed by atoms with E-state index < -0.39 is 10.0 Å². The monoisotopic (exact) mass is 479 g/mol. The van der Waals surface area contributed by atoms with Crippen LogP contribution in [0, 0.1) is 0 Å². The number of ether oxygens (including phenoxy) is 2. The molecular weight excluding hydrogens is 465 g/mol. The van der Waals surface area contributed by atoms with Crippen molar-refractivity contribution in [3.63, 3.8) is 0 Å². The summed E-state index contributed by atoms with van der Waals surface area (Å²) in [5, 5.41) is 0.496. The normalized spacial score (nSPS) is 14.5. The molecule has 0 aliphatic carbocycles. The molecule has 3 rings (SSSR count). The molecule has 1 aromatic carbocycles. The molecule has 1 saturated heterocycles. The fraction of sp³-hybridized carbons (Fsp3) is 0.294. The number of aromatic nitrogens is 1. The Hall–Kier alpha value is -1.78. The summed E-state index contributed by atoms with van der Waals surface area (Å²) >= 11 is 17.7. The molecule has 1 aliphatic rings. The maximum atomic E-state index is 12.7. The molecule has 29 heavy (non-hydrogen) atoms. The second-order valence-corrected chi connectivity index (χ2v) is 8.90. The summed E-state index contributed by atoms with van der Waals surface area (Å²) < 4.78 is 38.4. The van der Waals surface area contributed by atoms with Crippen LogP contribution in [0.2, 0.25) is 15.1 Å². The Morgan fingerprint density at radius 1 is 1.17 bits per heavy atom. The molecule has 0 bridgehead atoms. The lowest BCUT2D eigenvalue weighted by Crippen LogP contribution is -2.43. The highest BCUT2D eigenvalue weighted by Gasteiger charge is 2.21. The first kappa shape index (κ1) is 21.9. The second-order valence-electron chi connectivity index (χ2n) is 5.97. The zero-order valence-electron chi connectivity index (χ0n) is 14.9. The van der Waals surface area contributed by atoms with Crippen LogP contribution in [-0.2, 0) is 19.6 Å². The highest BCUT2D eigenvalue weighted by Crippen LogP contribution is 2.30. The topological polar surface area (TPSA) is 97.8 Å². The van der Waals surface area contributed by atoms with Gasteiger partial charge in [0.2, 0.25) is 5.88 Å². The first-order chi connectivity index (χ1) is 13.8. The van der Waals surface area contributed by atoms with Gasteiger partial charge >= 0.3 is 0 Å². The number of morpholine rings is 1. The minimum Gasteiger partial charge on any atom is -0.466 e. The van der Waals surface area contributed by atoms with Gasteiger partial charge < -0.3 is 14.4 Å². The van der Waals surface area contributed by atoms with Gasteiger partial charge in [-0.3, -0.25) is 9.52 Å². The number of sulfonamides is 1. The molecule has 1 N–H and O–H groups in total. The molecule has 1 aliphatic heterocycles. The molecule has 156 valence electrons. The summed E-state index contributed by atoms with van der Waals surface area (Å²) in [7, 11) is -4.03. The SMILES string of the molecule is O=C(COc1ncc(Cl)cc1NS(=O)(=O)c1ccc(Cl)c(Cl)c1)N1CCOCC1. The van der Waals surface area contributed by atoms with Gasteiger partial charge in [0.15, 0.2) is 6.61 Å². The van der Waals surface area contributed by atoms with Crippen molar-refractivity contribution in [2.24, 2.45) is 0 Å². The van der Waals surface area contributed by atoms with Gasteiger partial charge in [0.25, 0.3) is 15.9 Å². The Bertz CT molecular complexity index is 1010. The van der Waals surface area contributed by atoms with E-state index in [0.717, 1.165) is 0 Å². The number of halogens is 3. The van der Waals surface area contributed by atoms with Crippen molar-refractivity contribution in [1.29, 1.82) is 0 Å². The molecule has 1 fully saturated rings. The number of amides is 1.